The van der Waals surface area contributed by atoms with E-state index in [1.807, 2.05) is 61.5 Å². The molecule has 1 aliphatic heterocycles. The van der Waals surface area contributed by atoms with Crippen LogP contribution in [0.25, 0.3) is 16.4 Å². The van der Waals surface area contributed by atoms with Gasteiger partial charge in [-0.3, -0.25) is 9.69 Å². The summed E-state index contributed by atoms with van der Waals surface area (Å²) in [7, 11) is 0. The van der Waals surface area contributed by atoms with E-state index in [9.17, 15) is 4.79 Å². The molecule has 4 aromatic rings. The van der Waals surface area contributed by atoms with Crippen LogP contribution in [-0.2, 0) is 11.3 Å². The fraction of sp³-hybridized carbons (Fsp3) is 0.333. The molecule has 0 saturated carbocycles. The molecule has 0 unspecified atom stereocenters. The van der Waals surface area contributed by atoms with Gasteiger partial charge in [0, 0.05) is 16.5 Å². The average molecular weight is 415 g/mol. The lowest BCUT2D eigenvalue weighted by atomic mass is 10.1. The fourth-order valence-corrected chi connectivity index (χ4v) is 4.35. The minimum absolute atomic E-state index is 0.0716. The summed E-state index contributed by atoms with van der Waals surface area (Å²) < 4.78 is 1.78. The van der Waals surface area contributed by atoms with E-state index < -0.39 is 0 Å². The summed E-state index contributed by atoms with van der Waals surface area (Å²) >= 11 is 0. The first-order chi connectivity index (χ1) is 15.2. The number of hydrogen-bond donors (Lipinski definition) is 0. The molecule has 0 atom stereocenters. The summed E-state index contributed by atoms with van der Waals surface area (Å²) in [4.78, 5) is 17.4. The van der Waals surface area contributed by atoms with Crippen molar-refractivity contribution in [1.29, 1.82) is 0 Å². The first-order valence-electron chi connectivity index (χ1n) is 10.9. The Balaban J connectivity index is 1.50. The first-order valence-corrected chi connectivity index (χ1v) is 10.9. The second-order valence-electron chi connectivity index (χ2n) is 8.13. The lowest BCUT2D eigenvalue weighted by Gasteiger charge is -2.29. The van der Waals surface area contributed by atoms with Crippen molar-refractivity contribution in [3.8, 4) is 0 Å². The molecule has 1 fully saturated rings. The smallest absolute Gasteiger partial charge is 0.241 e. The highest BCUT2D eigenvalue weighted by Gasteiger charge is 2.23. The van der Waals surface area contributed by atoms with Crippen LogP contribution in [0.5, 0.6) is 0 Å². The van der Waals surface area contributed by atoms with Gasteiger partial charge < -0.3 is 4.90 Å². The van der Waals surface area contributed by atoms with Gasteiger partial charge in [-0.25, -0.2) is 0 Å². The third-order valence-electron chi connectivity index (χ3n) is 5.99. The molecule has 7 nitrogen and oxygen atoms in total. The Labute approximate surface area is 181 Å². The van der Waals surface area contributed by atoms with Gasteiger partial charge in [-0.15, -0.1) is 10.2 Å². The zero-order valence-electron chi connectivity index (χ0n) is 17.7. The molecular weight excluding hydrogens is 388 g/mol. The van der Waals surface area contributed by atoms with E-state index >= 15 is 0 Å². The summed E-state index contributed by atoms with van der Waals surface area (Å²) in [5, 5.41) is 15.6. The number of aryl methyl sites for hydroxylation is 1. The molecule has 0 radical (unpaired) electrons. The topological polar surface area (TPSA) is 66.6 Å². The molecule has 0 spiro atoms. The van der Waals surface area contributed by atoms with Crippen molar-refractivity contribution in [3.63, 3.8) is 0 Å². The minimum atomic E-state index is 0.0716. The van der Waals surface area contributed by atoms with E-state index in [0.717, 1.165) is 48.1 Å². The number of aromatic nitrogens is 4. The normalized spacial score (nSPS) is 14.9. The molecule has 7 heteroatoms. The summed E-state index contributed by atoms with van der Waals surface area (Å²) in [6, 6.07) is 17.9. The quantitative estimate of drug-likeness (QED) is 0.499. The van der Waals surface area contributed by atoms with Crippen LogP contribution in [0.2, 0.25) is 0 Å². The van der Waals surface area contributed by atoms with Crippen LogP contribution < -0.4 is 4.90 Å². The van der Waals surface area contributed by atoms with Crippen LogP contribution in [0.1, 0.15) is 30.8 Å². The number of carbonyl (C=O) groups excluding carboxylic acids is 1. The number of para-hydroxylation sites is 1. The molecule has 0 N–H and O–H groups in total. The molecule has 31 heavy (non-hydrogen) atoms. The van der Waals surface area contributed by atoms with Gasteiger partial charge in [0.1, 0.15) is 0 Å². The van der Waals surface area contributed by atoms with Gasteiger partial charge in [-0.2, -0.15) is 9.61 Å². The van der Waals surface area contributed by atoms with E-state index in [0.29, 0.717) is 24.6 Å². The summed E-state index contributed by atoms with van der Waals surface area (Å²) in [6.07, 6.45) is 3.56. The molecule has 0 bridgehead atoms. The number of amides is 1. The van der Waals surface area contributed by atoms with Gasteiger partial charge >= 0.3 is 0 Å². The maximum absolute atomic E-state index is 13.4. The van der Waals surface area contributed by atoms with Crippen molar-refractivity contribution in [1.82, 2.24) is 24.7 Å². The summed E-state index contributed by atoms with van der Waals surface area (Å²) in [5.41, 5.74) is 2.49. The largest absolute Gasteiger partial charge is 0.304 e. The third kappa shape index (κ3) is 3.88. The highest BCUT2D eigenvalue weighted by molar-refractivity contribution is 5.96. The van der Waals surface area contributed by atoms with Crippen LogP contribution in [-0.4, -0.2) is 50.3 Å². The van der Waals surface area contributed by atoms with Crippen LogP contribution in [0.4, 0.5) is 5.69 Å². The lowest BCUT2D eigenvalue weighted by Crippen LogP contribution is -2.42. The molecule has 1 amide bonds. The number of nitrogens with zero attached hydrogens (tertiary/aromatic N) is 6. The average Bonchev–Trinajstić information content (AvgIpc) is 3.21. The van der Waals surface area contributed by atoms with Gasteiger partial charge in [0.15, 0.2) is 11.5 Å². The number of anilines is 1. The fourth-order valence-electron chi connectivity index (χ4n) is 4.35. The Morgan fingerprint density at radius 3 is 2.42 bits per heavy atom. The number of benzene rings is 2. The van der Waals surface area contributed by atoms with Gasteiger partial charge in [-0.05, 0) is 45.0 Å². The number of hydrogen-bond acceptors (Lipinski definition) is 5. The number of likely N-dealkylation sites (tertiary alicyclic amines) is 1. The monoisotopic (exact) mass is 414 g/mol. The van der Waals surface area contributed by atoms with Crippen molar-refractivity contribution in [2.45, 2.75) is 32.7 Å². The van der Waals surface area contributed by atoms with E-state index in [2.05, 4.69) is 15.1 Å². The number of piperidine rings is 1. The van der Waals surface area contributed by atoms with E-state index in [1.54, 1.807) is 9.42 Å². The predicted octanol–water partition coefficient (Wildman–Crippen LogP) is 3.61. The third-order valence-corrected chi connectivity index (χ3v) is 5.99. The second kappa shape index (κ2) is 8.43. The predicted molar refractivity (Wildman–Crippen MR) is 121 cm³/mol. The number of fused-ring (bicyclic) bond motifs is 3. The van der Waals surface area contributed by atoms with Crippen molar-refractivity contribution < 1.29 is 4.79 Å². The van der Waals surface area contributed by atoms with Gasteiger partial charge in [0.25, 0.3) is 0 Å². The molecule has 1 aliphatic rings. The summed E-state index contributed by atoms with van der Waals surface area (Å²) in [5.74, 6) is 0.724. The van der Waals surface area contributed by atoms with E-state index in [4.69, 9.17) is 5.10 Å². The zero-order chi connectivity index (χ0) is 21.2. The maximum atomic E-state index is 13.4. The SMILES string of the molecule is Cc1nn2c(CN(C(=O)CN3CCCCC3)c3ccccc3)nnc2c2ccccc12. The number of carbonyl (C=O) groups is 1. The van der Waals surface area contributed by atoms with Crippen molar-refractivity contribution >= 4 is 28.0 Å². The van der Waals surface area contributed by atoms with Crippen molar-refractivity contribution in [3.05, 3.63) is 66.1 Å². The molecule has 2 aromatic heterocycles. The van der Waals surface area contributed by atoms with Gasteiger partial charge in [-0.1, -0.05) is 48.9 Å². The van der Waals surface area contributed by atoms with Gasteiger partial charge in [0.05, 0.1) is 18.8 Å². The Kier molecular flexibility index (Phi) is 5.34. The standard InChI is InChI=1S/C24H26N6O/c1-18-20-12-6-7-13-21(20)24-26-25-22(30(24)27-18)16-29(19-10-4-2-5-11-19)23(31)17-28-14-8-3-9-15-28/h2,4-7,10-13H,3,8-9,14-17H2,1H3. The lowest BCUT2D eigenvalue weighted by molar-refractivity contribution is -0.120. The van der Waals surface area contributed by atoms with Crippen LogP contribution >= 0.6 is 0 Å². The van der Waals surface area contributed by atoms with Crippen LogP contribution in [0, 0.1) is 6.92 Å². The maximum Gasteiger partial charge on any atom is 0.241 e. The van der Waals surface area contributed by atoms with Crippen LogP contribution in [0.3, 0.4) is 0 Å². The molecule has 3 heterocycles. The highest BCUT2D eigenvalue weighted by atomic mass is 16.2. The van der Waals surface area contributed by atoms with Crippen molar-refractivity contribution in [2.24, 2.45) is 0 Å². The van der Waals surface area contributed by atoms with Crippen LogP contribution in [0.15, 0.2) is 54.6 Å². The van der Waals surface area contributed by atoms with E-state index in [-0.39, 0.29) is 5.91 Å². The Morgan fingerprint density at radius 2 is 1.65 bits per heavy atom. The Morgan fingerprint density at radius 1 is 0.935 bits per heavy atom. The Hall–Kier alpha value is -3.32. The minimum Gasteiger partial charge on any atom is -0.304 e. The highest BCUT2D eigenvalue weighted by Crippen LogP contribution is 2.23. The Bertz CT molecular complexity index is 1210. The van der Waals surface area contributed by atoms with E-state index in [1.165, 1.54) is 6.42 Å². The first kappa shape index (κ1) is 19.6. The second-order valence-corrected chi connectivity index (χ2v) is 8.13. The van der Waals surface area contributed by atoms with Crippen molar-refractivity contribution in [2.75, 3.05) is 24.5 Å². The molecule has 0 aliphatic carbocycles. The number of rotatable bonds is 5. The molecule has 5 rings (SSSR count). The molecule has 1 saturated heterocycles. The summed E-state index contributed by atoms with van der Waals surface area (Å²) in [6.45, 7) is 4.69. The molecule has 2 aromatic carbocycles. The van der Waals surface area contributed by atoms with Gasteiger partial charge in [0.2, 0.25) is 5.91 Å². The zero-order valence-corrected chi connectivity index (χ0v) is 17.7. The molecule has 158 valence electrons. The molecular formula is C24H26N6O.